The Labute approximate surface area is 90.9 Å². The van der Waals surface area contributed by atoms with Crippen molar-refractivity contribution in [3.63, 3.8) is 0 Å². The quantitative estimate of drug-likeness (QED) is 0.679. The van der Waals surface area contributed by atoms with E-state index in [0.29, 0.717) is 0 Å². The van der Waals surface area contributed by atoms with Crippen LogP contribution in [0.25, 0.3) is 0 Å². The summed E-state index contributed by atoms with van der Waals surface area (Å²) >= 11 is 0. The topological polar surface area (TPSA) is 9.23 Å². The highest BCUT2D eigenvalue weighted by Crippen LogP contribution is 2.67. The zero-order valence-corrected chi connectivity index (χ0v) is 10.1. The smallest absolute Gasteiger partial charge is 0.0493 e. The highest BCUT2D eigenvalue weighted by Gasteiger charge is 2.55. The van der Waals surface area contributed by atoms with E-state index in [1.807, 2.05) is 16.9 Å². The molecule has 13 heavy (non-hydrogen) atoms. The normalized spacial score (nSPS) is 52.8. The van der Waals surface area contributed by atoms with Crippen LogP contribution in [0, 0.1) is 17.8 Å². The molecule has 0 aromatic heterocycles. The van der Waals surface area contributed by atoms with Gasteiger partial charge in [-0.25, -0.2) is 0 Å². The first-order valence-electron chi connectivity index (χ1n) is 4.88. The van der Waals surface area contributed by atoms with Crippen LogP contribution in [0.5, 0.6) is 0 Å². The molecule has 2 saturated carbocycles. The zero-order chi connectivity index (χ0) is 8.84. The van der Waals surface area contributed by atoms with E-state index in [2.05, 4.69) is 21.6 Å². The van der Waals surface area contributed by atoms with E-state index in [-0.39, 0.29) is 0 Å². The molecule has 3 aliphatic rings. The van der Waals surface area contributed by atoms with Gasteiger partial charge in [-0.15, -0.1) is 0 Å². The Bertz CT molecular complexity index is 211. The van der Waals surface area contributed by atoms with Gasteiger partial charge >= 0.3 is 0 Å². The molecule has 2 aliphatic carbocycles. The lowest BCUT2D eigenvalue weighted by molar-refractivity contribution is 0.125. The molecular formula is C9H14OS3. The molecule has 1 aliphatic heterocycles. The third-order valence-corrected chi connectivity index (χ3v) is 8.99. The van der Waals surface area contributed by atoms with Crippen LogP contribution in [0.3, 0.4) is 0 Å². The predicted octanol–water partition coefficient (Wildman–Crippen LogP) is 3.07. The molecule has 0 amide bonds. The Hall–Kier alpha value is 1.01. The van der Waals surface area contributed by atoms with Crippen molar-refractivity contribution in [3.05, 3.63) is 0 Å². The Balaban J connectivity index is 1.74. The van der Waals surface area contributed by atoms with Gasteiger partial charge in [-0.3, -0.25) is 0 Å². The number of hydrogen-bond acceptors (Lipinski definition) is 4. The number of fused-ring (bicyclic) bond motifs is 5. The second-order valence-corrected chi connectivity index (χ2v) is 8.70. The van der Waals surface area contributed by atoms with Crippen molar-refractivity contribution in [3.8, 4) is 0 Å². The lowest BCUT2D eigenvalue weighted by atomic mass is 9.89. The van der Waals surface area contributed by atoms with Gasteiger partial charge in [0.2, 0.25) is 0 Å². The summed E-state index contributed by atoms with van der Waals surface area (Å²) in [5, 5.41) is 1.93. The summed E-state index contributed by atoms with van der Waals surface area (Å²) in [7, 11) is 8.13. The van der Waals surface area contributed by atoms with Crippen LogP contribution in [0.15, 0.2) is 0 Å². The lowest BCUT2D eigenvalue weighted by Crippen LogP contribution is -2.31. The van der Waals surface area contributed by atoms with Crippen molar-refractivity contribution in [2.75, 3.05) is 13.7 Å². The van der Waals surface area contributed by atoms with Gasteiger partial charge in [0, 0.05) is 24.2 Å². The van der Waals surface area contributed by atoms with E-state index < -0.39 is 0 Å². The van der Waals surface area contributed by atoms with Gasteiger partial charge in [0.25, 0.3) is 0 Å². The Morgan fingerprint density at radius 1 is 1.23 bits per heavy atom. The van der Waals surface area contributed by atoms with Crippen LogP contribution in [0.2, 0.25) is 0 Å². The van der Waals surface area contributed by atoms with E-state index in [1.54, 1.807) is 0 Å². The fourth-order valence-corrected chi connectivity index (χ4v) is 9.98. The molecule has 2 bridgehead atoms. The fourth-order valence-electron chi connectivity index (χ4n) is 3.16. The zero-order valence-electron chi connectivity index (χ0n) is 7.64. The van der Waals surface area contributed by atoms with Gasteiger partial charge in [-0.1, -0.05) is 21.6 Å². The number of rotatable bonds is 2. The first kappa shape index (κ1) is 9.25. The van der Waals surface area contributed by atoms with Crippen LogP contribution in [0.1, 0.15) is 12.8 Å². The van der Waals surface area contributed by atoms with Gasteiger partial charge in [0.15, 0.2) is 0 Å². The van der Waals surface area contributed by atoms with Gasteiger partial charge in [-0.2, -0.15) is 0 Å². The third kappa shape index (κ3) is 1.36. The van der Waals surface area contributed by atoms with Crippen molar-refractivity contribution in [2.24, 2.45) is 17.8 Å². The van der Waals surface area contributed by atoms with Crippen molar-refractivity contribution in [1.82, 2.24) is 0 Å². The molecule has 74 valence electrons. The maximum absolute atomic E-state index is 5.30. The molecular weight excluding hydrogens is 220 g/mol. The molecule has 1 saturated heterocycles. The summed E-state index contributed by atoms with van der Waals surface area (Å²) < 4.78 is 5.30. The Morgan fingerprint density at radius 2 is 2.08 bits per heavy atom. The molecule has 3 fully saturated rings. The summed E-state index contributed by atoms with van der Waals surface area (Å²) in [6, 6.07) is 0. The maximum Gasteiger partial charge on any atom is 0.0493 e. The largest absolute Gasteiger partial charge is 0.384 e. The van der Waals surface area contributed by atoms with Crippen molar-refractivity contribution in [1.29, 1.82) is 0 Å². The second kappa shape index (κ2) is 3.54. The van der Waals surface area contributed by atoms with Crippen LogP contribution >= 0.6 is 31.4 Å². The number of hydrogen-bond donors (Lipinski definition) is 0. The van der Waals surface area contributed by atoms with Gasteiger partial charge in [0.1, 0.15) is 0 Å². The molecule has 0 aromatic carbocycles. The minimum Gasteiger partial charge on any atom is -0.384 e. The summed E-state index contributed by atoms with van der Waals surface area (Å²) in [6.07, 6.45) is 2.93. The van der Waals surface area contributed by atoms with E-state index in [9.17, 15) is 0 Å². The molecule has 0 spiro atoms. The fraction of sp³-hybridized carbons (Fsp3) is 1.00. The average molecular weight is 234 g/mol. The van der Waals surface area contributed by atoms with Crippen LogP contribution in [0.4, 0.5) is 0 Å². The SMILES string of the molecule is COCC1CC2CC1C1SSSC21. The van der Waals surface area contributed by atoms with Crippen molar-refractivity contribution in [2.45, 2.75) is 23.3 Å². The standard InChI is InChI=1S/C9H14OS3/c1-10-4-6-2-5-3-7(6)9-8(5)11-13-12-9/h5-9H,2-4H2,1H3. The molecule has 5 atom stereocenters. The average Bonchev–Trinajstić information content (AvgIpc) is 2.72. The molecule has 0 N–H and O–H groups in total. The summed E-state index contributed by atoms with van der Waals surface area (Å²) in [5.74, 6) is 2.87. The molecule has 0 aromatic rings. The molecule has 0 radical (unpaired) electrons. The predicted molar refractivity (Wildman–Crippen MR) is 61.9 cm³/mol. The van der Waals surface area contributed by atoms with Gasteiger partial charge in [-0.05, 0) is 40.4 Å². The second-order valence-electron chi connectivity index (χ2n) is 4.30. The van der Waals surface area contributed by atoms with Gasteiger partial charge in [0.05, 0.1) is 0 Å². The van der Waals surface area contributed by atoms with Crippen LogP contribution < -0.4 is 0 Å². The van der Waals surface area contributed by atoms with Crippen LogP contribution in [-0.2, 0) is 4.74 Å². The molecule has 1 heterocycles. The highest BCUT2D eigenvalue weighted by molar-refractivity contribution is 9.11. The van der Waals surface area contributed by atoms with Crippen molar-refractivity contribution < 1.29 is 4.74 Å². The summed E-state index contributed by atoms with van der Waals surface area (Å²) in [4.78, 5) is 0. The van der Waals surface area contributed by atoms with Crippen molar-refractivity contribution >= 4 is 31.4 Å². The molecule has 5 unspecified atom stereocenters. The molecule has 1 nitrogen and oxygen atoms in total. The van der Waals surface area contributed by atoms with E-state index in [4.69, 9.17) is 4.74 Å². The van der Waals surface area contributed by atoms with E-state index >= 15 is 0 Å². The third-order valence-electron chi connectivity index (χ3n) is 3.68. The van der Waals surface area contributed by atoms with E-state index in [1.165, 1.54) is 12.8 Å². The first-order chi connectivity index (χ1) is 6.40. The molecule has 4 heteroatoms. The lowest BCUT2D eigenvalue weighted by Gasteiger charge is -2.28. The molecule has 3 rings (SSSR count). The van der Waals surface area contributed by atoms with Gasteiger partial charge < -0.3 is 4.74 Å². The Morgan fingerprint density at radius 3 is 2.92 bits per heavy atom. The van der Waals surface area contributed by atoms with Crippen LogP contribution in [-0.4, -0.2) is 24.2 Å². The number of methoxy groups -OCH3 is 1. The summed E-state index contributed by atoms with van der Waals surface area (Å²) in [6.45, 7) is 1.00. The minimum absolute atomic E-state index is 0.878. The minimum atomic E-state index is 0.878. The maximum atomic E-state index is 5.30. The van der Waals surface area contributed by atoms with E-state index in [0.717, 1.165) is 34.9 Å². The summed E-state index contributed by atoms with van der Waals surface area (Å²) in [5.41, 5.74) is 0. The monoisotopic (exact) mass is 234 g/mol. The first-order valence-corrected chi connectivity index (χ1v) is 8.49. The highest BCUT2D eigenvalue weighted by atomic mass is 33.5. The number of ether oxygens (including phenoxy) is 1. The Kier molecular flexibility index (Phi) is 2.52.